The van der Waals surface area contributed by atoms with Crippen LogP contribution in [-0.4, -0.2) is 22.9 Å². The van der Waals surface area contributed by atoms with Crippen molar-refractivity contribution in [1.29, 1.82) is 0 Å². The highest BCUT2D eigenvalue weighted by molar-refractivity contribution is 9.10. The quantitative estimate of drug-likeness (QED) is 0.739. The summed E-state index contributed by atoms with van der Waals surface area (Å²) in [4.78, 5) is 0. The molecule has 1 rings (SSSR count). The van der Waals surface area contributed by atoms with E-state index in [1.807, 2.05) is 12.1 Å². The fourth-order valence-electron chi connectivity index (χ4n) is 1.01. The lowest BCUT2D eigenvalue weighted by molar-refractivity contribution is 0.109. The van der Waals surface area contributed by atoms with Crippen molar-refractivity contribution in [3.63, 3.8) is 0 Å². The lowest BCUT2D eigenvalue weighted by Crippen LogP contribution is -2.31. The second kappa shape index (κ2) is 4.72. The van der Waals surface area contributed by atoms with Gasteiger partial charge in [-0.1, -0.05) is 28.1 Å². The Morgan fingerprint density at radius 2 is 1.85 bits per heavy atom. The van der Waals surface area contributed by atoms with Gasteiger partial charge in [-0.05, 0) is 17.7 Å². The number of benzene rings is 1. The average molecular weight is 246 g/mol. The molecule has 2 atom stereocenters. The van der Waals surface area contributed by atoms with Crippen molar-refractivity contribution in [1.82, 2.24) is 0 Å². The molecule has 0 saturated heterocycles. The van der Waals surface area contributed by atoms with Gasteiger partial charge in [-0.2, -0.15) is 0 Å². The molecule has 3 nitrogen and oxygen atoms in total. The summed E-state index contributed by atoms with van der Waals surface area (Å²) in [5.41, 5.74) is 6.19. The van der Waals surface area contributed by atoms with Crippen molar-refractivity contribution in [3.05, 3.63) is 34.3 Å². The number of nitrogens with two attached hydrogens (primary N) is 1. The minimum Gasteiger partial charge on any atom is -0.395 e. The molecular weight excluding hydrogens is 234 g/mol. The summed E-state index contributed by atoms with van der Waals surface area (Å²) in [5.74, 6) is 0. The van der Waals surface area contributed by atoms with E-state index in [4.69, 9.17) is 10.8 Å². The van der Waals surface area contributed by atoms with Crippen LogP contribution in [0.15, 0.2) is 28.7 Å². The van der Waals surface area contributed by atoms with E-state index >= 15 is 0 Å². The maximum absolute atomic E-state index is 9.58. The normalized spacial score (nSPS) is 15.4. The summed E-state index contributed by atoms with van der Waals surface area (Å²) >= 11 is 3.29. The van der Waals surface area contributed by atoms with Gasteiger partial charge in [-0.3, -0.25) is 0 Å². The van der Waals surface area contributed by atoms with Crippen LogP contribution in [0.3, 0.4) is 0 Å². The van der Waals surface area contributed by atoms with E-state index in [0.717, 1.165) is 4.47 Å². The first kappa shape index (κ1) is 10.7. The predicted molar refractivity (Wildman–Crippen MR) is 54.2 cm³/mol. The van der Waals surface area contributed by atoms with Crippen molar-refractivity contribution in [3.8, 4) is 0 Å². The highest BCUT2D eigenvalue weighted by Gasteiger charge is 2.15. The van der Waals surface area contributed by atoms with Crippen molar-refractivity contribution >= 4 is 15.9 Å². The molecule has 0 amide bonds. The molecular formula is C9H12BrNO2. The van der Waals surface area contributed by atoms with Crippen molar-refractivity contribution in [2.75, 3.05) is 6.61 Å². The molecule has 0 fully saturated rings. The molecule has 0 aliphatic carbocycles. The number of hydrogen-bond acceptors (Lipinski definition) is 3. The van der Waals surface area contributed by atoms with E-state index in [-0.39, 0.29) is 6.61 Å². The summed E-state index contributed by atoms with van der Waals surface area (Å²) in [7, 11) is 0. The molecule has 72 valence electrons. The second-order valence-corrected chi connectivity index (χ2v) is 3.76. The highest BCUT2D eigenvalue weighted by Crippen LogP contribution is 2.18. The van der Waals surface area contributed by atoms with Crippen LogP contribution in [0.4, 0.5) is 0 Å². The van der Waals surface area contributed by atoms with Gasteiger partial charge in [0.05, 0.1) is 18.8 Å². The van der Waals surface area contributed by atoms with Gasteiger partial charge in [0.2, 0.25) is 0 Å². The van der Waals surface area contributed by atoms with Crippen molar-refractivity contribution in [2.24, 2.45) is 5.73 Å². The lowest BCUT2D eigenvalue weighted by Gasteiger charge is -2.16. The molecule has 0 aliphatic heterocycles. The Balaban J connectivity index is 2.77. The summed E-state index contributed by atoms with van der Waals surface area (Å²) in [6.45, 7) is -0.225. The number of aliphatic hydroxyl groups is 2. The Morgan fingerprint density at radius 3 is 2.31 bits per heavy atom. The number of halogens is 1. The number of hydrogen-bond donors (Lipinski definition) is 3. The van der Waals surface area contributed by atoms with E-state index in [1.165, 1.54) is 0 Å². The maximum atomic E-state index is 9.58. The van der Waals surface area contributed by atoms with Gasteiger partial charge in [0, 0.05) is 4.47 Å². The maximum Gasteiger partial charge on any atom is 0.0963 e. The molecule has 4 heteroatoms. The lowest BCUT2D eigenvalue weighted by atomic mass is 10.0. The molecule has 4 N–H and O–H groups in total. The minimum absolute atomic E-state index is 0.225. The number of rotatable bonds is 3. The fourth-order valence-corrected chi connectivity index (χ4v) is 1.27. The monoisotopic (exact) mass is 245 g/mol. The van der Waals surface area contributed by atoms with Gasteiger partial charge >= 0.3 is 0 Å². The Bertz CT molecular complexity index is 263. The first-order valence-electron chi connectivity index (χ1n) is 3.95. The zero-order valence-electron chi connectivity index (χ0n) is 7.02. The molecule has 1 aromatic carbocycles. The van der Waals surface area contributed by atoms with Crippen LogP contribution in [0.1, 0.15) is 11.7 Å². The number of aliphatic hydroxyl groups excluding tert-OH is 2. The Hall–Kier alpha value is -0.420. The Morgan fingerprint density at radius 1 is 1.31 bits per heavy atom. The topological polar surface area (TPSA) is 66.5 Å². The van der Waals surface area contributed by atoms with Gasteiger partial charge in [0.25, 0.3) is 0 Å². The summed E-state index contributed by atoms with van der Waals surface area (Å²) in [6, 6.07) is 6.56. The summed E-state index contributed by atoms with van der Waals surface area (Å²) in [5, 5.41) is 18.3. The standard InChI is InChI=1S/C9H12BrNO2/c10-7-3-1-6(2-4-7)9(13)8(11)5-12/h1-4,8-9,12-13H,5,11H2/t8-,9+/m0/s1. The van der Waals surface area contributed by atoms with E-state index in [2.05, 4.69) is 15.9 Å². The third-order valence-corrected chi connectivity index (χ3v) is 2.36. The van der Waals surface area contributed by atoms with Crippen LogP contribution in [0.5, 0.6) is 0 Å². The van der Waals surface area contributed by atoms with Gasteiger partial charge in [0.1, 0.15) is 0 Å². The van der Waals surface area contributed by atoms with Gasteiger partial charge in [-0.25, -0.2) is 0 Å². The van der Waals surface area contributed by atoms with E-state index < -0.39 is 12.1 Å². The molecule has 0 spiro atoms. The van der Waals surface area contributed by atoms with E-state index in [1.54, 1.807) is 12.1 Å². The molecule has 0 heterocycles. The van der Waals surface area contributed by atoms with Crippen LogP contribution < -0.4 is 5.73 Å². The molecule has 0 saturated carbocycles. The van der Waals surface area contributed by atoms with E-state index in [9.17, 15) is 5.11 Å². The largest absolute Gasteiger partial charge is 0.395 e. The van der Waals surface area contributed by atoms with E-state index in [0.29, 0.717) is 5.56 Å². The van der Waals surface area contributed by atoms with Crippen LogP contribution in [-0.2, 0) is 0 Å². The zero-order valence-corrected chi connectivity index (χ0v) is 8.61. The van der Waals surface area contributed by atoms with Gasteiger partial charge < -0.3 is 15.9 Å². The smallest absolute Gasteiger partial charge is 0.0963 e. The predicted octanol–water partition coefficient (Wildman–Crippen LogP) is 0.802. The van der Waals surface area contributed by atoms with Crippen LogP contribution in [0, 0.1) is 0 Å². The van der Waals surface area contributed by atoms with Gasteiger partial charge in [0.15, 0.2) is 0 Å². The Labute approximate surface area is 85.3 Å². The SMILES string of the molecule is N[C@@H](CO)[C@H](O)c1ccc(Br)cc1. The fraction of sp³-hybridized carbons (Fsp3) is 0.333. The van der Waals surface area contributed by atoms with Gasteiger partial charge in [-0.15, -0.1) is 0 Å². The summed E-state index contributed by atoms with van der Waals surface area (Å²) in [6.07, 6.45) is -0.807. The van der Waals surface area contributed by atoms with Crippen LogP contribution in [0.25, 0.3) is 0 Å². The molecule has 0 aromatic heterocycles. The first-order valence-corrected chi connectivity index (χ1v) is 4.74. The molecule has 13 heavy (non-hydrogen) atoms. The minimum atomic E-state index is -0.807. The Kier molecular flexibility index (Phi) is 3.87. The van der Waals surface area contributed by atoms with Crippen molar-refractivity contribution in [2.45, 2.75) is 12.1 Å². The van der Waals surface area contributed by atoms with Crippen LogP contribution in [0.2, 0.25) is 0 Å². The molecule has 0 aliphatic rings. The summed E-state index contributed by atoms with van der Waals surface area (Å²) < 4.78 is 0.945. The first-order chi connectivity index (χ1) is 6.15. The third-order valence-electron chi connectivity index (χ3n) is 1.83. The second-order valence-electron chi connectivity index (χ2n) is 2.84. The molecule has 0 bridgehead atoms. The van der Waals surface area contributed by atoms with Crippen LogP contribution >= 0.6 is 15.9 Å². The third kappa shape index (κ3) is 2.77. The molecule has 0 radical (unpaired) electrons. The molecule has 1 aromatic rings. The zero-order chi connectivity index (χ0) is 9.84. The van der Waals surface area contributed by atoms with Crippen molar-refractivity contribution < 1.29 is 10.2 Å². The average Bonchev–Trinajstić information content (AvgIpc) is 2.17. The highest BCUT2D eigenvalue weighted by atomic mass is 79.9. The molecule has 0 unspecified atom stereocenters.